The summed E-state index contributed by atoms with van der Waals surface area (Å²) in [7, 11) is 0. The summed E-state index contributed by atoms with van der Waals surface area (Å²) in [4.78, 5) is 15.8. The summed E-state index contributed by atoms with van der Waals surface area (Å²) < 4.78 is 0. The summed E-state index contributed by atoms with van der Waals surface area (Å²) in [5, 5.41) is 13.4. The molecule has 0 saturated carbocycles. The smallest absolute Gasteiger partial charge is 0.330 e. The van der Waals surface area contributed by atoms with Gasteiger partial charge in [0.15, 0.2) is 6.04 Å². The number of rotatable bonds is 4. The molecule has 0 aliphatic carbocycles. The van der Waals surface area contributed by atoms with E-state index in [0.29, 0.717) is 5.56 Å². The van der Waals surface area contributed by atoms with Gasteiger partial charge in [-0.05, 0) is 35.9 Å². The van der Waals surface area contributed by atoms with E-state index in [-0.39, 0.29) is 0 Å². The van der Waals surface area contributed by atoms with E-state index in [0.717, 1.165) is 16.6 Å². The first-order chi connectivity index (χ1) is 10.2. The highest BCUT2D eigenvalue weighted by atomic mass is 16.4. The van der Waals surface area contributed by atoms with Crippen molar-refractivity contribution >= 4 is 22.6 Å². The second-order valence-electron chi connectivity index (χ2n) is 4.74. The molecule has 0 saturated heterocycles. The van der Waals surface area contributed by atoms with Crippen molar-refractivity contribution in [2.24, 2.45) is 0 Å². The molecule has 0 amide bonds. The molecule has 1 aromatic heterocycles. The topological polar surface area (TPSA) is 62.2 Å². The van der Waals surface area contributed by atoms with Crippen molar-refractivity contribution < 1.29 is 9.90 Å². The van der Waals surface area contributed by atoms with E-state index in [1.807, 2.05) is 54.6 Å². The van der Waals surface area contributed by atoms with Crippen LogP contribution in [0.1, 0.15) is 11.6 Å². The van der Waals surface area contributed by atoms with Crippen LogP contribution in [-0.4, -0.2) is 16.1 Å². The van der Waals surface area contributed by atoms with Gasteiger partial charge >= 0.3 is 5.97 Å². The van der Waals surface area contributed by atoms with Gasteiger partial charge in [-0.2, -0.15) is 0 Å². The van der Waals surface area contributed by atoms with Gasteiger partial charge in [-0.25, -0.2) is 4.79 Å². The quantitative estimate of drug-likeness (QED) is 0.767. The molecule has 1 atom stereocenters. The van der Waals surface area contributed by atoms with Crippen molar-refractivity contribution in [1.29, 1.82) is 0 Å². The summed E-state index contributed by atoms with van der Waals surface area (Å²) in [5.41, 5.74) is 2.33. The van der Waals surface area contributed by atoms with E-state index in [2.05, 4.69) is 10.3 Å². The molecule has 2 aromatic carbocycles. The first-order valence-electron chi connectivity index (χ1n) is 6.63. The molecule has 0 radical (unpaired) electrons. The zero-order valence-corrected chi connectivity index (χ0v) is 11.2. The Bertz CT molecular complexity index is 772. The molecule has 2 N–H and O–H groups in total. The number of para-hydroxylation sites is 1. The fourth-order valence-electron chi connectivity index (χ4n) is 2.26. The highest BCUT2D eigenvalue weighted by Crippen LogP contribution is 2.23. The highest BCUT2D eigenvalue weighted by Gasteiger charge is 2.19. The minimum absolute atomic E-state index is 0.701. The molecule has 1 unspecified atom stereocenters. The maximum Gasteiger partial charge on any atom is 0.330 e. The third-order valence-electron chi connectivity index (χ3n) is 3.29. The number of hydrogen-bond acceptors (Lipinski definition) is 3. The van der Waals surface area contributed by atoms with Gasteiger partial charge in [-0.15, -0.1) is 0 Å². The van der Waals surface area contributed by atoms with Crippen molar-refractivity contribution in [3.05, 3.63) is 72.4 Å². The lowest BCUT2D eigenvalue weighted by Gasteiger charge is -2.16. The van der Waals surface area contributed by atoms with Gasteiger partial charge in [0.2, 0.25) is 0 Å². The third kappa shape index (κ3) is 2.84. The van der Waals surface area contributed by atoms with Crippen molar-refractivity contribution in [3.8, 4) is 0 Å². The normalized spacial score (nSPS) is 12.0. The first kappa shape index (κ1) is 13.1. The number of carboxylic acids is 1. The van der Waals surface area contributed by atoms with Crippen LogP contribution in [0.3, 0.4) is 0 Å². The second-order valence-corrected chi connectivity index (χ2v) is 4.74. The number of nitrogens with zero attached hydrogens (tertiary/aromatic N) is 1. The molecule has 21 heavy (non-hydrogen) atoms. The zero-order valence-electron chi connectivity index (χ0n) is 11.2. The number of nitrogens with one attached hydrogen (secondary N) is 1. The maximum absolute atomic E-state index is 11.6. The van der Waals surface area contributed by atoms with Crippen LogP contribution in [0.5, 0.6) is 0 Å². The first-order valence-corrected chi connectivity index (χ1v) is 6.63. The van der Waals surface area contributed by atoms with E-state index in [1.54, 1.807) is 12.3 Å². The van der Waals surface area contributed by atoms with Gasteiger partial charge in [-0.3, -0.25) is 4.98 Å². The molecule has 0 spiro atoms. The van der Waals surface area contributed by atoms with Crippen molar-refractivity contribution in [2.75, 3.05) is 5.32 Å². The summed E-state index contributed by atoms with van der Waals surface area (Å²) >= 11 is 0. The standard InChI is InChI=1S/C17H14N2O2/c20-17(21)16(19-14-6-2-1-3-7-14)13-8-9-15-12(11-13)5-4-10-18-15/h1-11,16,19H,(H,20,21). The molecule has 4 nitrogen and oxygen atoms in total. The molecule has 1 heterocycles. The van der Waals surface area contributed by atoms with Crippen LogP contribution in [0.15, 0.2) is 66.9 Å². The lowest BCUT2D eigenvalue weighted by atomic mass is 10.0. The van der Waals surface area contributed by atoms with Crippen LogP contribution in [0.25, 0.3) is 10.9 Å². The Morgan fingerprint density at radius 1 is 1.05 bits per heavy atom. The van der Waals surface area contributed by atoms with E-state index in [4.69, 9.17) is 0 Å². The molecule has 0 aliphatic rings. The van der Waals surface area contributed by atoms with Gasteiger partial charge in [-0.1, -0.05) is 30.3 Å². The number of hydrogen-bond donors (Lipinski definition) is 2. The Labute approximate surface area is 122 Å². The van der Waals surface area contributed by atoms with Crippen LogP contribution in [0.2, 0.25) is 0 Å². The summed E-state index contributed by atoms with van der Waals surface area (Å²) in [5.74, 6) is -0.915. The number of aliphatic carboxylic acids is 1. The fraction of sp³-hybridized carbons (Fsp3) is 0.0588. The van der Waals surface area contributed by atoms with Gasteiger partial charge in [0, 0.05) is 17.3 Å². The third-order valence-corrected chi connectivity index (χ3v) is 3.29. The minimum Gasteiger partial charge on any atom is -0.479 e. The number of anilines is 1. The van der Waals surface area contributed by atoms with Crippen molar-refractivity contribution in [2.45, 2.75) is 6.04 Å². The number of pyridine rings is 1. The highest BCUT2D eigenvalue weighted by molar-refractivity contribution is 5.84. The lowest BCUT2D eigenvalue weighted by molar-refractivity contribution is -0.138. The molecular weight excluding hydrogens is 264 g/mol. The monoisotopic (exact) mass is 278 g/mol. The van der Waals surface area contributed by atoms with Crippen LogP contribution in [0, 0.1) is 0 Å². The SMILES string of the molecule is O=C(O)C(Nc1ccccc1)c1ccc2ncccc2c1. The van der Waals surface area contributed by atoms with E-state index < -0.39 is 12.0 Å². The number of benzene rings is 2. The average Bonchev–Trinajstić information content (AvgIpc) is 2.53. The Balaban J connectivity index is 1.97. The molecule has 0 bridgehead atoms. The van der Waals surface area contributed by atoms with Crippen molar-refractivity contribution in [1.82, 2.24) is 4.98 Å². The van der Waals surface area contributed by atoms with Crippen LogP contribution < -0.4 is 5.32 Å². The van der Waals surface area contributed by atoms with E-state index in [1.165, 1.54) is 0 Å². The number of carbonyl (C=O) groups is 1. The second kappa shape index (κ2) is 5.63. The Morgan fingerprint density at radius 3 is 2.62 bits per heavy atom. The molecule has 0 aliphatic heterocycles. The van der Waals surface area contributed by atoms with Crippen LogP contribution in [0.4, 0.5) is 5.69 Å². The Hall–Kier alpha value is -2.88. The van der Waals surface area contributed by atoms with Crippen LogP contribution in [-0.2, 0) is 4.79 Å². The molecule has 3 rings (SSSR count). The summed E-state index contributed by atoms with van der Waals surface area (Å²) in [6.07, 6.45) is 1.72. The Morgan fingerprint density at radius 2 is 1.86 bits per heavy atom. The number of carboxylic acid groups (broad SMARTS) is 1. The molecular formula is C17H14N2O2. The van der Waals surface area contributed by atoms with E-state index in [9.17, 15) is 9.90 Å². The predicted molar refractivity (Wildman–Crippen MR) is 82.2 cm³/mol. The predicted octanol–water partition coefficient (Wildman–Crippen LogP) is 3.47. The average molecular weight is 278 g/mol. The largest absolute Gasteiger partial charge is 0.479 e. The lowest BCUT2D eigenvalue weighted by Crippen LogP contribution is -2.20. The van der Waals surface area contributed by atoms with Gasteiger partial charge in [0.1, 0.15) is 0 Å². The van der Waals surface area contributed by atoms with E-state index >= 15 is 0 Å². The minimum atomic E-state index is -0.915. The fourth-order valence-corrected chi connectivity index (χ4v) is 2.26. The number of aromatic nitrogens is 1. The zero-order chi connectivity index (χ0) is 14.7. The molecule has 0 fully saturated rings. The maximum atomic E-state index is 11.6. The molecule has 4 heteroatoms. The van der Waals surface area contributed by atoms with Crippen molar-refractivity contribution in [3.63, 3.8) is 0 Å². The summed E-state index contributed by atoms with van der Waals surface area (Å²) in [6, 6.07) is 17.8. The molecule has 3 aromatic rings. The van der Waals surface area contributed by atoms with Gasteiger partial charge < -0.3 is 10.4 Å². The Kier molecular flexibility index (Phi) is 3.51. The van der Waals surface area contributed by atoms with Gasteiger partial charge in [0.25, 0.3) is 0 Å². The van der Waals surface area contributed by atoms with Crippen LogP contribution >= 0.6 is 0 Å². The number of fused-ring (bicyclic) bond motifs is 1. The molecule has 104 valence electrons. The summed E-state index contributed by atoms with van der Waals surface area (Å²) in [6.45, 7) is 0. The van der Waals surface area contributed by atoms with Gasteiger partial charge in [0.05, 0.1) is 5.52 Å².